The maximum atomic E-state index is 14.0. The number of benzene rings is 1. The van der Waals surface area contributed by atoms with Crippen LogP contribution in [-0.4, -0.2) is 21.9 Å². The molecule has 1 heterocycles. The first-order valence-corrected chi connectivity index (χ1v) is 7.20. The molecule has 0 amide bonds. The van der Waals surface area contributed by atoms with Crippen LogP contribution in [0.1, 0.15) is 10.4 Å². The minimum Gasteiger partial charge on any atom is -0.478 e. The summed E-state index contributed by atoms with van der Waals surface area (Å²) in [6.07, 6.45) is 1.82. The highest BCUT2D eigenvalue weighted by molar-refractivity contribution is 7.98. The van der Waals surface area contributed by atoms with Gasteiger partial charge in [0.1, 0.15) is 17.2 Å². The molecule has 0 saturated carbocycles. The van der Waals surface area contributed by atoms with Gasteiger partial charge in [-0.05, 0) is 30.5 Å². The number of nitrogens with zero attached hydrogens (tertiary/aromatic N) is 1. The lowest BCUT2D eigenvalue weighted by Crippen LogP contribution is -2.21. The van der Waals surface area contributed by atoms with Crippen molar-refractivity contribution in [1.82, 2.24) is 4.57 Å². The standard InChI is InChI=1S/C14H13FN2O3S/c1-17-12(18)6-4-9(14(19)20)13(17)16-11-5-3-8(21-2)7-10(11)15/h3-7,16H,1-2H3,(H,19,20). The fourth-order valence-corrected chi connectivity index (χ4v) is 2.24. The number of hydrogen-bond acceptors (Lipinski definition) is 4. The Balaban J connectivity index is 2.51. The molecule has 0 fully saturated rings. The zero-order valence-corrected chi connectivity index (χ0v) is 12.2. The summed E-state index contributed by atoms with van der Waals surface area (Å²) >= 11 is 1.39. The summed E-state index contributed by atoms with van der Waals surface area (Å²) in [6, 6.07) is 6.90. The third kappa shape index (κ3) is 3.08. The van der Waals surface area contributed by atoms with Gasteiger partial charge in [0, 0.05) is 18.0 Å². The van der Waals surface area contributed by atoms with Crippen molar-refractivity contribution in [2.75, 3.05) is 11.6 Å². The molecule has 0 saturated heterocycles. The molecule has 1 aromatic heterocycles. The van der Waals surface area contributed by atoms with Crippen molar-refractivity contribution in [3.63, 3.8) is 0 Å². The van der Waals surface area contributed by atoms with E-state index in [1.54, 1.807) is 6.07 Å². The summed E-state index contributed by atoms with van der Waals surface area (Å²) in [5.74, 6) is -1.69. The molecule has 0 unspecified atom stereocenters. The van der Waals surface area contributed by atoms with E-state index in [9.17, 15) is 14.0 Å². The van der Waals surface area contributed by atoms with Crippen LogP contribution >= 0.6 is 11.8 Å². The van der Waals surface area contributed by atoms with Crippen LogP contribution in [0.4, 0.5) is 15.9 Å². The summed E-state index contributed by atoms with van der Waals surface area (Å²) in [5.41, 5.74) is -0.384. The van der Waals surface area contributed by atoms with E-state index < -0.39 is 11.8 Å². The number of hydrogen-bond donors (Lipinski definition) is 2. The van der Waals surface area contributed by atoms with Gasteiger partial charge in [-0.15, -0.1) is 11.8 Å². The van der Waals surface area contributed by atoms with Crippen LogP contribution in [0.5, 0.6) is 0 Å². The molecule has 7 heteroatoms. The summed E-state index contributed by atoms with van der Waals surface area (Å²) in [4.78, 5) is 23.6. The lowest BCUT2D eigenvalue weighted by atomic mass is 10.2. The van der Waals surface area contributed by atoms with Gasteiger partial charge in [0.15, 0.2) is 0 Å². The summed E-state index contributed by atoms with van der Waals surface area (Å²) < 4.78 is 15.1. The Morgan fingerprint density at radius 1 is 1.33 bits per heavy atom. The van der Waals surface area contributed by atoms with Gasteiger partial charge < -0.3 is 10.4 Å². The van der Waals surface area contributed by atoms with Crippen molar-refractivity contribution in [2.45, 2.75) is 4.90 Å². The minimum atomic E-state index is -1.20. The number of carboxylic acid groups (broad SMARTS) is 1. The lowest BCUT2D eigenvalue weighted by molar-refractivity contribution is 0.0697. The maximum Gasteiger partial charge on any atom is 0.339 e. The number of thioether (sulfide) groups is 1. The monoisotopic (exact) mass is 308 g/mol. The Morgan fingerprint density at radius 3 is 2.62 bits per heavy atom. The van der Waals surface area contributed by atoms with E-state index in [0.717, 1.165) is 15.5 Å². The number of anilines is 2. The van der Waals surface area contributed by atoms with Crippen molar-refractivity contribution in [1.29, 1.82) is 0 Å². The third-order valence-electron chi connectivity index (χ3n) is 2.97. The van der Waals surface area contributed by atoms with Crippen molar-refractivity contribution in [2.24, 2.45) is 7.05 Å². The third-order valence-corrected chi connectivity index (χ3v) is 3.70. The Morgan fingerprint density at radius 2 is 2.05 bits per heavy atom. The SMILES string of the molecule is CSc1ccc(Nc2c(C(=O)O)ccc(=O)n2C)c(F)c1. The number of nitrogens with one attached hydrogen (secondary N) is 1. The smallest absolute Gasteiger partial charge is 0.339 e. The molecular weight excluding hydrogens is 295 g/mol. The molecule has 0 radical (unpaired) electrons. The van der Waals surface area contributed by atoms with E-state index in [-0.39, 0.29) is 22.6 Å². The fourth-order valence-electron chi connectivity index (χ4n) is 1.81. The van der Waals surface area contributed by atoms with Crippen LogP contribution in [0.25, 0.3) is 0 Å². The van der Waals surface area contributed by atoms with Gasteiger partial charge in [0.25, 0.3) is 5.56 Å². The number of aromatic nitrogens is 1. The second kappa shape index (κ2) is 6.01. The van der Waals surface area contributed by atoms with Gasteiger partial charge in [-0.25, -0.2) is 9.18 Å². The topological polar surface area (TPSA) is 71.3 Å². The van der Waals surface area contributed by atoms with E-state index in [0.29, 0.717) is 0 Å². The first-order chi connectivity index (χ1) is 9.93. The highest BCUT2D eigenvalue weighted by atomic mass is 32.2. The summed E-state index contributed by atoms with van der Waals surface area (Å²) in [5, 5.41) is 11.8. The van der Waals surface area contributed by atoms with E-state index in [1.165, 1.54) is 37.0 Å². The molecule has 2 rings (SSSR count). The van der Waals surface area contributed by atoms with Gasteiger partial charge in [-0.2, -0.15) is 0 Å². The highest BCUT2D eigenvalue weighted by Crippen LogP contribution is 2.25. The number of carboxylic acids is 1. The van der Waals surface area contributed by atoms with Gasteiger partial charge in [-0.1, -0.05) is 0 Å². The molecule has 0 aliphatic rings. The maximum absolute atomic E-state index is 14.0. The summed E-state index contributed by atoms with van der Waals surface area (Å²) in [6.45, 7) is 0. The van der Waals surface area contributed by atoms with Crippen molar-refractivity contribution in [3.05, 3.63) is 52.1 Å². The molecule has 0 atom stereocenters. The van der Waals surface area contributed by atoms with E-state index >= 15 is 0 Å². The van der Waals surface area contributed by atoms with Gasteiger partial charge in [0.05, 0.1) is 5.69 Å². The van der Waals surface area contributed by atoms with E-state index in [4.69, 9.17) is 5.11 Å². The molecule has 5 nitrogen and oxygen atoms in total. The van der Waals surface area contributed by atoms with Gasteiger partial charge in [-0.3, -0.25) is 9.36 Å². The van der Waals surface area contributed by atoms with Crippen LogP contribution in [0, 0.1) is 5.82 Å². The van der Waals surface area contributed by atoms with Gasteiger partial charge >= 0.3 is 5.97 Å². The minimum absolute atomic E-state index is 0.0331. The Labute approximate surface area is 124 Å². The normalized spacial score (nSPS) is 10.4. The molecule has 0 spiro atoms. The molecule has 2 N–H and O–H groups in total. The van der Waals surface area contributed by atoms with Crippen molar-refractivity contribution < 1.29 is 14.3 Å². The highest BCUT2D eigenvalue weighted by Gasteiger charge is 2.15. The number of halogens is 1. The quantitative estimate of drug-likeness (QED) is 0.850. The van der Waals surface area contributed by atoms with Crippen LogP contribution in [0.3, 0.4) is 0 Å². The number of pyridine rings is 1. The molecule has 21 heavy (non-hydrogen) atoms. The number of carbonyl (C=O) groups is 1. The van der Waals surface area contributed by atoms with Gasteiger partial charge in [0.2, 0.25) is 0 Å². The van der Waals surface area contributed by atoms with Crippen LogP contribution < -0.4 is 10.9 Å². The molecule has 2 aromatic rings. The Hall–Kier alpha value is -2.28. The van der Waals surface area contributed by atoms with Crippen LogP contribution in [0.2, 0.25) is 0 Å². The molecule has 110 valence electrons. The first kappa shape index (κ1) is 15.1. The largest absolute Gasteiger partial charge is 0.478 e. The average Bonchev–Trinajstić information content (AvgIpc) is 2.45. The predicted octanol–water partition coefficient (Wildman–Crippen LogP) is 2.69. The zero-order valence-electron chi connectivity index (χ0n) is 11.4. The van der Waals surface area contributed by atoms with Crippen LogP contribution in [0.15, 0.2) is 40.0 Å². The molecule has 0 bridgehead atoms. The molecule has 1 aromatic carbocycles. The Bertz CT molecular complexity index is 758. The average molecular weight is 308 g/mol. The van der Waals surface area contributed by atoms with Crippen molar-refractivity contribution in [3.8, 4) is 0 Å². The molecular formula is C14H13FN2O3S. The fraction of sp³-hybridized carbons (Fsp3) is 0.143. The number of rotatable bonds is 4. The second-order valence-electron chi connectivity index (χ2n) is 4.27. The molecule has 0 aliphatic heterocycles. The second-order valence-corrected chi connectivity index (χ2v) is 5.15. The first-order valence-electron chi connectivity index (χ1n) is 5.98. The van der Waals surface area contributed by atoms with E-state index in [2.05, 4.69) is 5.32 Å². The summed E-state index contributed by atoms with van der Waals surface area (Å²) in [7, 11) is 1.42. The number of aromatic carboxylic acids is 1. The predicted molar refractivity (Wildman–Crippen MR) is 80.1 cm³/mol. The van der Waals surface area contributed by atoms with E-state index in [1.807, 2.05) is 6.26 Å². The molecule has 0 aliphatic carbocycles. The zero-order chi connectivity index (χ0) is 15.6. The van der Waals surface area contributed by atoms with Crippen molar-refractivity contribution >= 4 is 29.2 Å². The Kier molecular flexibility index (Phi) is 4.32. The van der Waals surface area contributed by atoms with Crippen LogP contribution in [-0.2, 0) is 7.05 Å². The lowest BCUT2D eigenvalue weighted by Gasteiger charge is -2.14.